The van der Waals surface area contributed by atoms with Crippen LogP contribution in [0.15, 0.2) is 46.9 Å². The molecular formula is C16H16BrFN2O. The second-order valence-electron chi connectivity index (χ2n) is 4.99. The van der Waals surface area contributed by atoms with Gasteiger partial charge in [0.05, 0.1) is 10.0 Å². The van der Waals surface area contributed by atoms with Gasteiger partial charge in [-0.15, -0.1) is 0 Å². The first-order valence-corrected chi connectivity index (χ1v) is 7.25. The van der Waals surface area contributed by atoms with E-state index in [1.807, 2.05) is 37.2 Å². The van der Waals surface area contributed by atoms with Crippen molar-refractivity contribution in [2.75, 3.05) is 19.4 Å². The summed E-state index contributed by atoms with van der Waals surface area (Å²) in [7, 11) is 3.95. The van der Waals surface area contributed by atoms with Gasteiger partial charge in [0.15, 0.2) is 0 Å². The lowest BCUT2D eigenvalue weighted by Gasteiger charge is -2.12. The fraction of sp³-hybridized carbons (Fsp3) is 0.188. The average molecular weight is 351 g/mol. The maximum Gasteiger partial charge on any atom is 0.258 e. The lowest BCUT2D eigenvalue weighted by molar-refractivity contribution is 0.102. The van der Waals surface area contributed by atoms with E-state index in [2.05, 4.69) is 21.2 Å². The Morgan fingerprint density at radius 3 is 2.67 bits per heavy atom. The molecule has 110 valence electrons. The summed E-state index contributed by atoms with van der Waals surface area (Å²) in [6.07, 6.45) is 0. The van der Waals surface area contributed by atoms with Gasteiger partial charge in [-0.3, -0.25) is 4.79 Å². The molecule has 0 fully saturated rings. The van der Waals surface area contributed by atoms with E-state index in [1.165, 1.54) is 6.07 Å². The van der Waals surface area contributed by atoms with Crippen molar-refractivity contribution in [1.29, 1.82) is 0 Å². The molecular weight excluding hydrogens is 335 g/mol. The maximum atomic E-state index is 13.9. The third kappa shape index (κ3) is 4.12. The van der Waals surface area contributed by atoms with Crippen molar-refractivity contribution in [2.24, 2.45) is 0 Å². The highest BCUT2D eigenvalue weighted by Gasteiger charge is 2.14. The van der Waals surface area contributed by atoms with Gasteiger partial charge in [-0.25, -0.2) is 4.39 Å². The molecule has 2 aromatic carbocycles. The van der Waals surface area contributed by atoms with Crippen LogP contribution in [0.25, 0.3) is 0 Å². The van der Waals surface area contributed by atoms with Crippen LogP contribution in [0.1, 0.15) is 15.9 Å². The molecule has 2 aromatic rings. The molecule has 1 amide bonds. The molecule has 0 radical (unpaired) electrons. The molecule has 0 unspecified atom stereocenters. The van der Waals surface area contributed by atoms with E-state index in [1.54, 1.807) is 18.2 Å². The fourth-order valence-electron chi connectivity index (χ4n) is 1.99. The van der Waals surface area contributed by atoms with Crippen molar-refractivity contribution in [3.63, 3.8) is 0 Å². The summed E-state index contributed by atoms with van der Waals surface area (Å²) >= 11 is 3.08. The van der Waals surface area contributed by atoms with E-state index in [9.17, 15) is 9.18 Å². The van der Waals surface area contributed by atoms with Crippen LogP contribution in [0.2, 0.25) is 0 Å². The SMILES string of the molecule is CN(C)Cc1cccc(NC(=O)c2cccc(Br)c2F)c1. The molecule has 0 aliphatic carbocycles. The largest absolute Gasteiger partial charge is 0.322 e. The van der Waals surface area contributed by atoms with Crippen LogP contribution in [0.3, 0.4) is 0 Å². The summed E-state index contributed by atoms with van der Waals surface area (Å²) < 4.78 is 14.2. The molecule has 0 aliphatic rings. The fourth-order valence-corrected chi connectivity index (χ4v) is 2.36. The van der Waals surface area contributed by atoms with E-state index < -0.39 is 11.7 Å². The maximum absolute atomic E-state index is 13.9. The number of halogens is 2. The lowest BCUT2D eigenvalue weighted by Crippen LogP contribution is -2.15. The third-order valence-corrected chi connectivity index (χ3v) is 3.49. The Balaban J connectivity index is 2.18. The minimum atomic E-state index is -0.556. The van der Waals surface area contributed by atoms with Crippen LogP contribution in [-0.2, 0) is 6.54 Å². The van der Waals surface area contributed by atoms with Crippen LogP contribution < -0.4 is 5.32 Å². The second-order valence-corrected chi connectivity index (χ2v) is 5.85. The van der Waals surface area contributed by atoms with Gasteiger partial charge in [0, 0.05) is 12.2 Å². The van der Waals surface area contributed by atoms with Gasteiger partial charge in [0.2, 0.25) is 0 Å². The summed E-state index contributed by atoms with van der Waals surface area (Å²) in [4.78, 5) is 14.2. The molecule has 0 heterocycles. The van der Waals surface area contributed by atoms with E-state index in [4.69, 9.17) is 0 Å². The molecule has 21 heavy (non-hydrogen) atoms. The Morgan fingerprint density at radius 2 is 1.95 bits per heavy atom. The third-order valence-electron chi connectivity index (χ3n) is 2.88. The van der Waals surface area contributed by atoms with Gasteiger partial charge in [-0.2, -0.15) is 0 Å². The smallest absolute Gasteiger partial charge is 0.258 e. The summed E-state index contributed by atoms with van der Waals surface area (Å²) in [6.45, 7) is 0.773. The molecule has 0 bridgehead atoms. The number of benzene rings is 2. The first-order chi connectivity index (χ1) is 9.97. The normalized spacial score (nSPS) is 10.7. The summed E-state index contributed by atoms with van der Waals surface area (Å²) in [5, 5.41) is 2.72. The predicted octanol–water partition coefficient (Wildman–Crippen LogP) is 3.90. The number of hydrogen-bond acceptors (Lipinski definition) is 2. The van der Waals surface area contributed by atoms with E-state index in [0.717, 1.165) is 12.1 Å². The van der Waals surface area contributed by atoms with Crippen LogP contribution in [0.4, 0.5) is 10.1 Å². The monoisotopic (exact) mass is 350 g/mol. The Morgan fingerprint density at radius 1 is 1.24 bits per heavy atom. The molecule has 0 saturated heterocycles. The molecule has 0 atom stereocenters. The average Bonchev–Trinajstić information content (AvgIpc) is 2.41. The summed E-state index contributed by atoms with van der Waals surface area (Å²) in [5.41, 5.74) is 1.74. The van der Waals surface area contributed by atoms with Gasteiger partial charge in [-0.1, -0.05) is 18.2 Å². The number of anilines is 1. The zero-order valence-corrected chi connectivity index (χ0v) is 13.4. The number of carbonyl (C=O) groups excluding carboxylic acids is 1. The standard InChI is InChI=1S/C16H16BrFN2O/c1-20(2)10-11-5-3-6-12(9-11)19-16(21)13-7-4-8-14(17)15(13)18/h3-9H,10H2,1-2H3,(H,19,21). The number of amides is 1. The molecule has 0 aliphatic heterocycles. The minimum absolute atomic E-state index is 0.0161. The van der Waals surface area contributed by atoms with Crippen LogP contribution >= 0.6 is 15.9 Å². The zero-order valence-electron chi connectivity index (χ0n) is 11.9. The number of rotatable bonds is 4. The molecule has 0 aromatic heterocycles. The van der Waals surface area contributed by atoms with Crippen LogP contribution in [0, 0.1) is 5.82 Å². The molecule has 0 saturated carbocycles. The van der Waals surface area contributed by atoms with Gasteiger partial charge < -0.3 is 10.2 Å². The Kier molecular flexibility index (Phi) is 5.09. The molecule has 2 rings (SSSR count). The van der Waals surface area contributed by atoms with E-state index in [-0.39, 0.29) is 10.0 Å². The first-order valence-electron chi connectivity index (χ1n) is 6.46. The van der Waals surface area contributed by atoms with Crippen molar-refractivity contribution >= 4 is 27.5 Å². The molecule has 0 spiro atoms. The Bertz CT molecular complexity index is 658. The first kappa shape index (κ1) is 15.7. The number of hydrogen-bond donors (Lipinski definition) is 1. The van der Waals surface area contributed by atoms with E-state index in [0.29, 0.717) is 5.69 Å². The Hall–Kier alpha value is -1.72. The minimum Gasteiger partial charge on any atom is -0.322 e. The lowest BCUT2D eigenvalue weighted by atomic mass is 10.1. The number of nitrogens with zero attached hydrogens (tertiary/aromatic N) is 1. The van der Waals surface area contributed by atoms with Gasteiger partial charge in [0.1, 0.15) is 5.82 Å². The van der Waals surface area contributed by atoms with Crippen LogP contribution in [0.5, 0.6) is 0 Å². The van der Waals surface area contributed by atoms with Gasteiger partial charge in [0.25, 0.3) is 5.91 Å². The molecule has 5 heteroatoms. The number of carbonyl (C=O) groups is 1. The van der Waals surface area contributed by atoms with E-state index >= 15 is 0 Å². The topological polar surface area (TPSA) is 32.3 Å². The van der Waals surface area contributed by atoms with Crippen molar-refractivity contribution in [2.45, 2.75) is 6.54 Å². The number of nitrogens with one attached hydrogen (secondary N) is 1. The summed E-state index contributed by atoms with van der Waals surface area (Å²) in [5.74, 6) is -1.02. The highest BCUT2D eigenvalue weighted by Crippen LogP contribution is 2.20. The quantitative estimate of drug-likeness (QED) is 0.906. The zero-order chi connectivity index (χ0) is 15.4. The predicted molar refractivity (Wildman–Crippen MR) is 85.9 cm³/mol. The van der Waals surface area contributed by atoms with Gasteiger partial charge in [-0.05, 0) is 59.9 Å². The van der Waals surface area contributed by atoms with Crippen molar-refractivity contribution in [1.82, 2.24) is 4.90 Å². The van der Waals surface area contributed by atoms with Crippen LogP contribution in [-0.4, -0.2) is 24.9 Å². The second kappa shape index (κ2) is 6.83. The van der Waals surface area contributed by atoms with Gasteiger partial charge >= 0.3 is 0 Å². The van der Waals surface area contributed by atoms with Crippen molar-refractivity contribution < 1.29 is 9.18 Å². The van der Waals surface area contributed by atoms with Crippen molar-refractivity contribution in [3.05, 3.63) is 63.9 Å². The van der Waals surface area contributed by atoms with Crippen molar-refractivity contribution in [3.8, 4) is 0 Å². The highest BCUT2D eigenvalue weighted by atomic mass is 79.9. The molecule has 1 N–H and O–H groups in total. The molecule has 3 nitrogen and oxygen atoms in total. The Labute approximate surface area is 131 Å². The summed E-state index contributed by atoms with van der Waals surface area (Å²) in [6, 6.07) is 12.2. The highest BCUT2D eigenvalue weighted by molar-refractivity contribution is 9.10.